The molecule has 4 nitrogen and oxygen atoms in total. The number of carbonyl (C=O) groups is 2. The largest absolute Gasteiger partial charge is 0.354 e. The fourth-order valence-electron chi connectivity index (χ4n) is 3.00. The smallest absolute Gasteiger partial charge is 0.220 e. The van der Waals surface area contributed by atoms with E-state index >= 15 is 0 Å². The van der Waals surface area contributed by atoms with Crippen LogP contribution in [0.4, 0.5) is 0 Å². The van der Waals surface area contributed by atoms with Gasteiger partial charge in [-0.05, 0) is 30.4 Å². The third kappa shape index (κ3) is 8.54. The monoisotopic (exact) mass is 366 g/mol. The molecule has 2 amide bonds. The van der Waals surface area contributed by atoms with Crippen LogP contribution in [0.2, 0.25) is 0 Å². The topological polar surface area (TPSA) is 58.2 Å². The Balaban J connectivity index is 1.70. The zero-order chi connectivity index (χ0) is 19.3. The van der Waals surface area contributed by atoms with E-state index in [1.807, 2.05) is 60.7 Å². The van der Waals surface area contributed by atoms with Gasteiger partial charge in [-0.15, -0.1) is 0 Å². The van der Waals surface area contributed by atoms with E-state index in [0.29, 0.717) is 19.4 Å². The van der Waals surface area contributed by atoms with Crippen molar-refractivity contribution in [2.45, 2.75) is 51.5 Å². The third-order valence-electron chi connectivity index (χ3n) is 4.52. The highest BCUT2D eigenvalue weighted by molar-refractivity contribution is 5.77. The summed E-state index contributed by atoms with van der Waals surface area (Å²) in [5.41, 5.74) is 2.32. The Morgan fingerprint density at radius 3 is 1.85 bits per heavy atom. The molecule has 0 aromatic heterocycles. The summed E-state index contributed by atoms with van der Waals surface area (Å²) >= 11 is 0. The van der Waals surface area contributed by atoms with Crippen LogP contribution in [0, 0.1) is 0 Å². The fourth-order valence-corrected chi connectivity index (χ4v) is 3.00. The van der Waals surface area contributed by atoms with Crippen molar-refractivity contribution in [3.8, 4) is 0 Å². The van der Waals surface area contributed by atoms with Crippen LogP contribution in [-0.2, 0) is 22.4 Å². The van der Waals surface area contributed by atoms with Gasteiger partial charge in [0, 0.05) is 25.4 Å². The van der Waals surface area contributed by atoms with Gasteiger partial charge >= 0.3 is 0 Å². The Bertz CT molecular complexity index is 686. The molecule has 2 rings (SSSR count). The highest BCUT2D eigenvalue weighted by atomic mass is 16.2. The number of carbonyl (C=O) groups excluding carboxylic acids is 2. The zero-order valence-corrected chi connectivity index (χ0v) is 16.1. The van der Waals surface area contributed by atoms with Gasteiger partial charge in [0.1, 0.15) is 0 Å². The van der Waals surface area contributed by atoms with Crippen LogP contribution >= 0.6 is 0 Å². The van der Waals surface area contributed by atoms with Gasteiger partial charge in [-0.3, -0.25) is 9.59 Å². The summed E-state index contributed by atoms with van der Waals surface area (Å²) in [6.07, 6.45) is 4.21. The highest BCUT2D eigenvalue weighted by Gasteiger charge is 2.13. The van der Waals surface area contributed by atoms with Crippen molar-refractivity contribution in [1.29, 1.82) is 0 Å². The lowest BCUT2D eigenvalue weighted by atomic mass is 10.1. The van der Waals surface area contributed by atoms with Gasteiger partial charge in [-0.2, -0.15) is 0 Å². The first-order chi connectivity index (χ1) is 13.2. The van der Waals surface area contributed by atoms with E-state index in [2.05, 4.69) is 17.6 Å². The minimum absolute atomic E-state index is 0.0149. The van der Waals surface area contributed by atoms with E-state index in [1.165, 1.54) is 0 Å². The number of amides is 2. The molecule has 0 bridgehead atoms. The van der Waals surface area contributed by atoms with Crippen molar-refractivity contribution < 1.29 is 9.59 Å². The SMILES string of the molecule is CCCC(CNC(=O)CCc1ccccc1)NC(=O)CCc1ccccc1. The summed E-state index contributed by atoms with van der Waals surface area (Å²) in [4.78, 5) is 24.3. The molecule has 0 aliphatic heterocycles. The van der Waals surface area contributed by atoms with E-state index in [-0.39, 0.29) is 17.9 Å². The van der Waals surface area contributed by atoms with Crippen LogP contribution in [-0.4, -0.2) is 24.4 Å². The molecular formula is C23H30N2O2. The van der Waals surface area contributed by atoms with E-state index in [4.69, 9.17) is 0 Å². The summed E-state index contributed by atoms with van der Waals surface area (Å²) in [6, 6.07) is 20.0. The molecular weight excluding hydrogens is 336 g/mol. The molecule has 0 heterocycles. The highest BCUT2D eigenvalue weighted by Crippen LogP contribution is 2.04. The molecule has 2 N–H and O–H groups in total. The third-order valence-corrected chi connectivity index (χ3v) is 4.52. The first-order valence-electron chi connectivity index (χ1n) is 9.81. The van der Waals surface area contributed by atoms with Gasteiger partial charge in [0.25, 0.3) is 0 Å². The van der Waals surface area contributed by atoms with Gasteiger partial charge in [0.2, 0.25) is 11.8 Å². The van der Waals surface area contributed by atoms with E-state index in [1.54, 1.807) is 0 Å². The first-order valence-corrected chi connectivity index (χ1v) is 9.81. The molecule has 0 spiro atoms. The lowest BCUT2D eigenvalue weighted by Crippen LogP contribution is -2.43. The van der Waals surface area contributed by atoms with Gasteiger partial charge in [0.05, 0.1) is 0 Å². The number of nitrogens with one attached hydrogen (secondary N) is 2. The molecule has 0 fully saturated rings. The van der Waals surface area contributed by atoms with Crippen molar-refractivity contribution in [2.24, 2.45) is 0 Å². The van der Waals surface area contributed by atoms with Crippen LogP contribution in [0.5, 0.6) is 0 Å². The summed E-state index contributed by atoms with van der Waals surface area (Å²) in [5, 5.41) is 6.03. The Labute approximate surface area is 162 Å². The minimum Gasteiger partial charge on any atom is -0.354 e. The Morgan fingerprint density at radius 2 is 1.33 bits per heavy atom. The van der Waals surface area contributed by atoms with Crippen LogP contribution in [0.1, 0.15) is 43.7 Å². The molecule has 0 saturated carbocycles. The quantitative estimate of drug-likeness (QED) is 0.638. The minimum atomic E-state index is -0.0149. The molecule has 2 aromatic carbocycles. The van der Waals surface area contributed by atoms with Crippen LogP contribution in [0.25, 0.3) is 0 Å². The van der Waals surface area contributed by atoms with Gasteiger partial charge in [-0.1, -0.05) is 74.0 Å². The van der Waals surface area contributed by atoms with Crippen molar-refractivity contribution in [2.75, 3.05) is 6.54 Å². The lowest BCUT2D eigenvalue weighted by Gasteiger charge is -2.19. The van der Waals surface area contributed by atoms with Gasteiger partial charge in [0.15, 0.2) is 0 Å². The maximum absolute atomic E-state index is 12.2. The fraction of sp³-hybridized carbons (Fsp3) is 0.391. The zero-order valence-electron chi connectivity index (χ0n) is 16.1. The normalized spacial score (nSPS) is 11.6. The van der Waals surface area contributed by atoms with Crippen molar-refractivity contribution >= 4 is 11.8 Å². The number of rotatable bonds is 11. The van der Waals surface area contributed by atoms with Crippen molar-refractivity contribution in [3.63, 3.8) is 0 Å². The number of hydrogen-bond donors (Lipinski definition) is 2. The van der Waals surface area contributed by atoms with E-state index in [9.17, 15) is 9.59 Å². The Kier molecular flexibility index (Phi) is 9.11. The second kappa shape index (κ2) is 11.9. The molecule has 0 aliphatic rings. The van der Waals surface area contributed by atoms with E-state index < -0.39 is 0 Å². The molecule has 27 heavy (non-hydrogen) atoms. The van der Waals surface area contributed by atoms with Gasteiger partial charge < -0.3 is 10.6 Å². The standard InChI is InChI=1S/C23H30N2O2/c1-2-9-21(25-23(27)17-15-20-12-7-4-8-13-20)18-24-22(26)16-14-19-10-5-3-6-11-19/h3-8,10-13,21H,2,9,14-18H2,1H3,(H,24,26)(H,25,27). The summed E-state index contributed by atoms with van der Waals surface area (Å²) in [5.74, 6) is 0.0642. The Hall–Kier alpha value is -2.62. The molecule has 1 unspecified atom stereocenters. The molecule has 0 saturated heterocycles. The summed E-state index contributed by atoms with van der Waals surface area (Å²) < 4.78 is 0. The summed E-state index contributed by atoms with van der Waals surface area (Å²) in [6.45, 7) is 2.57. The number of aryl methyl sites for hydroxylation is 2. The predicted molar refractivity (Wildman–Crippen MR) is 109 cm³/mol. The molecule has 0 radical (unpaired) electrons. The van der Waals surface area contributed by atoms with E-state index in [0.717, 1.165) is 36.8 Å². The molecule has 2 aromatic rings. The average Bonchev–Trinajstić information content (AvgIpc) is 2.70. The predicted octanol–water partition coefficient (Wildman–Crippen LogP) is 3.65. The molecule has 4 heteroatoms. The second-order valence-electron chi connectivity index (χ2n) is 6.83. The average molecular weight is 367 g/mol. The molecule has 0 aliphatic carbocycles. The number of benzene rings is 2. The van der Waals surface area contributed by atoms with Crippen LogP contribution < -0.4 is 10.6 Å². The second-order valence-corrected chi connectivity index (χ2v) is 6.83. The van der Waals surface area contributed by atoms with Crippen LogP contribution in [0.15, 0.2) is 60.7 Å². The van der Waals surface area contributed by atoms with Crippen molar-refractivity contribution in [1.82, 2.24) is 10.6 Å². The summed E-state index contributed by atoms with van der Waals surface area (Å²) in [7, 11) is 0. The van der Waals surface area contributed by atoms with Crippen LogP contribution in [0.3, 0.4) is 0 Å². The van der Waals surface area contributed by atoms with Gasteiger partial charge in [-0.25, -0.2) is 0 Å². The molecule has 144 valence electrons. The maximum atomic E-state index is 12.2. The first kappa shape index (κ1) is 20.7. The lowest BCUT2D eigenvalue weighted by molar-refractivity contribution is -0.123. The number of hydrogen-bond acceptors (Lipinski definition) is 2. The van der Waals surface area contributed by atoms with Crippen molar-refractivity contribution in [3.05, 3.63) is 71.8 Å². The maximum Gasteiger partial charge on any atom is 0.220 e. The Morgan fingerprint density at radius 1 is 0.815 bits per heavy atom. The molecule has 1 atom stereocenters.